The molecule has 4 heteroatoms. The van der Waals surface area contributed by atoms with Crippen LogP contribution in [0.3, 0.4) is 0 Å². The Bertz CT molecular complexity index is 426. The maximum atomic E-state index is 6.49. The predicted molar refractivity (Wildman–Crippen MR) is 87.5 cm³/mol. The largest absolute Gasteiger partial charge is 0.314 e. The topological polar surface area (TPSA) is 29.9 Å². The van der Waals surface area contributed by atoms with Crippen LogP contribution >= 0.6 is 11.6 Å². The first-order chi connectivity index (χ1) is 9.33. The maximum absolute atomic E-state index is 6.49. The van der Waals surface area contributed by atoms with Crippen LogP contribution in [0.4, 0.5) is 0 Å². The molecule has 0 aliphatic heterocycles. The Hall–Kier alpha value is -0.540. The number of hydrogen-bond donors (Lipinski definition) is 1. The van der Waals surface area contributed by atoms with Gasteiger partial charge in [-0.1, -0.05) is 52.6 Å². The SMILES string of the molecule is CCCC(C)(CNC(C)C)Cc1c(Cl)c(CC)nn1C. The molecule has 0 amide bonds. The van der Waals surface area contributed by atoms with Gasteiger partial charge in [-0.3, -0.25) is 4.68 Å². The summed E-state index contributed by atoms with van der Waals surface area (Å²) in [5.41, 5.74) is 2.41. The molecule has 0 radical (unpaired) electrons. The average molecular weight is 300 g/mol. The molecule has 1 aromatic heterocycles. The second-order valence-corrected chi connectivity index (χ2v) is 6.84. The van der Waals surface area contributed by atoms with E-state index in [9.17, 15) is 0 Å². The fraction of sp³-hybridized carbons (Fsp3) is 0.812. The molecule has 0 aliphatic carbocycles. The summed E-state index contributed by atoms with van der Waals surface area (Å²) in [6.45, 7) is 12.1. The highest BCUT2D eigenvalue weighted by Crippen LogP contribution is 2.32. The number of halogens is 1. The molecule has 1 heterocycles. The van der Waals surface area contributed by atoms with Gasteiger partial charge in [0, 0.05) is 19.6 Å². The van der Waals surface area contributed by atoms with E-state index < -0.39 is 0 Å². The van der Waals surface area contributed by atoms with Gasteiger partial charge in [-0.2, -0.15) is 5.10 Å². The number of rotatable bonds is 8. The van der Waals surface area contributed by atoms with E-state index in [1.165, 1.54) is 18.5 Å². The zero-order valence-electron chi connectivity index (χ0n) is 13.9. The van der Waals surface area contributed by atoms with E-state index in [4.69, 9.17) is 11.6 Å². The van der Waals surface area contributed by atoms with Crippen LogP contribution in [0.25, 0.3) is 0 Å². The summed E-state index contributed by atoms with van der Waals surface area (Å²) in [5, 5.41) is 8.97. The number of nitrogens with one attached hydrogen (secondary N) is 1. The third kappa shape index (κ3) is 4.49. The lowest BCUT2D eigenvalue weighted by Crippen LogP contribution is -2.37. The van der Waals surface area contributed by atoms with Gasteiger partial charge in [-0.15, -0.1) is 0 Å². The van der Waals surface area contributed by atoms with Gasteiger partial charge in [0.05, 0.1) is 16.4 Å². The van der Waals surface area contributed by atoms with Crippen LogP contribution < -0.4 is 5.32 Å². The van der Waals surface area contributed by atoms with Crippen LogP contribution in [-0.2, 0) is 19.9 Å². The van der Waals surface area contributed by atoms with Gasteiger partial charge < -0.3 is 5.32 Å². The van der Waals surface area contributed by atoms with Gasteiger partial charge in [0.1, 0.15) is 0 Å². The second kappa shape index (κ2) is 7.46. The Kier molecular flexibility index (Phi) is 6.53. The van der Waals surface area contributed by atoms with Crippen molar-refractivity contribution in [1.82, 2.24) is 15.1 Å². The first-order valence-electron chi connectivity index (χ1n) is 7.76. The van der Waals surface area contributed by atoms with Crippen LogP contribution in [0, 0.1) is 5.41 Å². The summed E-state index contributed by atoms with van der Waals surface area (Å²) in [5.74, 6) is 0. The summed E-state index contributed by atoms with van der Waals surface area (Å²) >= 11 is 6.49. The van der Waals surface area contributed by atoms with E-state index in [-0.39, 0.29) is 5.41 Å². The van der Waals surface area contributed by atoms with Crippen LogP contribution in [0.5, 0.6) is 0 Å². The summed E-state index contributed by atoms with van der Waals surface area (Å²) in [7, 11) is 2.00. The fourth-order valence-electron chi connectivity index (χ4n) is 2.71. The van der Waals surface area contributed by atoms with Crippen molar-refractivity contribution >= 4 is 11.6 Å². The molecule has 0 saturated carbocycles. The van der Waals surface area contributed by atoms with Crippen molar-refractivity contribution in [1.29, 1.82) is 0 Å². The van der Waals surface area contributed by atoms with Gasteiger partial charge in [0.2, 0.25) is 0 Å². The summed E-state index contributed by atoms with van der Waals surface area (Å²) < 4.78 is 1.96. The van der Waals surface area contributed by atoms with Gasteiger partial charge in [-0.05, 0) is 24.7 Å². The first-order valence-corrected chi connectivity index (χ1v) is 8.14. The smallest absolute Gasteiger partial charge is 0.0849 e. The molecule has 0 aromatic carbocycles. The molecular weight excluding hydrogens is 270 g/mol. The lowest BCUT2D eigenvalue weighted by molar-refractivity contribution is 0.261. The third-order valence-corrected chi connectivity index (χ3v) is 4.32. The van der Waals surface area contributed by atoms with Crippen molar-refractivity contribution in [3.05, 3.63) is 16.4 Å². The Morgan fingerprint density at radius 3 is 2.45 bits per heavy atom. The minimum Gasteiger partial charge on any atom is -0.314 e. The van der Waals surface area contributed by atoms with Crippen LogP contribution in [0.15, 0.2) is 0 Å². The number of aromatic nitrogens is 2. The van der Waals surface area contributed by atoms with Crippen molar-refractivity contribution in [2.24, 2.45) is 12.5 Å². The Morgan fingerprint density at radius 2 is 2.00 bits per heavy atom. The molecule has 0 saturated heterocycles. The normalized spacial score (nSPS) is 14.8. The highest BCUT2D eigenvalue weighted by Gasteiger charge is 2.27. The average Bonchev–Trinajstić information content (AvgIpc) is 2.64. The van der Waals surface area contributed by atoms with Crippen LogP contribution in [0.1, 0.15) is 58.8 Å². The summed E-state index contributed by atoms with van der Waals surface area (Å²) in [6, 6.07) is 0.513. The molecular formula is C16H30ClN3. The van der Waals surface area contributed by atoms with Crippen molar-refractivity contribution < 1.29 is 0 Å². The standard InChI is InChI=1S/C16H30ClN3/c1-7-9-16(5,11-18-12(3)4)10-14-15(17)13(8-2)19-20(14)6/h12,18H,7-11H2,1-6H3. The van der Waals surface area contributed by atoms with E-state index in [1.807, 2.05) is 11.7 Å². The monoisotopic (exact) mass is 299 g/mol. The zero-order chi connectivity index (χ0) is 15.3. The highest BCUT2D eigenvalue weighted by molar-refractivity contribution is 6.31. The molecule has 1 atom stereocenters. The first kappa shape index (κ1) is 17.5. The van der Waals surface area contributed by atoms with Crippen molar-refractivity contribution in [3.63, 3.8) is 0 Å². The lowest BCUT2D eigenvalue weighted by Gasteiger charge is -2.31. The van der Waals surface area contributed by atoms with Crippen LogP contribution in [0.2, 0.25) is 5.02 Å². The zero-order valence-corrected chi connectivity index (χ0v) is 14.6. The predicted octanol–water partition coefficient (Wildman–Crippen LogP) is 3.98. The molecule has 0 fully saturated rings. The van der Waals surface area contributed by atoms with E-state index in [1.54, 1.807) is 0 Å². The number of nitrogens with zero attached hydrogens (tertiary/aromatic N) is 2. The van der Waals surface area contributed by atoms with Gasteiger partial charge in [0.15, 0.2) is 0 Å². The number of aryl methyl sites for hydroxylation is 2. The Balaban J connectivity index is 2.92. The molecule has 1 unspecified atom stereocenters. The lowest BCUT2D eigenvalue weighted by atomic mass is 9.80. The molecule has 1 aromatic rings. The highest BCUT2D eigenvalue weighted by atomic mass is 35.5. The maximum Gasteiger partial charge on any atom is 0.0849 e. The van der Waals surface area contributed by atoms with E-state index in [2.05, 4.69) is 45.0 Å². The molecule has 20 heavy (non-hydrogen) atoms. The second-order valence-electron chi connectivity index (χ2n) is 6.46. The summed E-state index contributed by atoms with van der Waals surface area (Å²) in [6.07, 6.45) is 4.24. The third-order valence-electron chi connectivity index (χ3n) is 3.89. The quantitative estimate of drug-likeness (QED) is 0.787. The van der Waals surface area contributed by atoms with Crippen molar-refractivity contribution in [2.45, 2.75) is 66.3 Å². The molecule has 3 nitrogen and oxygen atoms in total. The van der Waals surface area contributed by atoms with Crippen LogP contribution in [-0.4, -0.2) is 22.4 Å². The van der Waals surface area contributed by atoms with Gasteiger partial charge in [0.25, 0.3) is 0 Å². The van der Waals surface area contributed by atoms with E-state index in [0.29, 0.717) is 6.04 Å². The Labute approximate surface area is 129 Å². The fourth-order valence-corrected chi connectivity index (χ4v) is 3.07. The van der Waals surface area contributed by atoms with Crippen molar-refractivity contribution in [3.8, 4) is 0 Å². The van der Waals surface area contributed by atoms with Gasteiger partial charge in [-0.25, -0.2) is 0 Å². The van der Waals surface area contributed by atoms with E-state index >= 15 is 0 Å². The van der Waals surface area contributed by atoms with E-state index in [0.717, 1.165) is 30.1 Å². The Morgan fingerprint density at radius 1 is 1.35 bits per heavy atom. The molecule has 0 spiro atoms. The number of hydrogen-bond acceptors (Lipinski definition) is 2. The molecule has 1 N–H and O–H groups in total. The van der Waals surface area contributed by atoms with Gasteiger partial charge >= 0.3 is 0 Å². The minimum absolute atomic E-state index is 0.224. The molecule has 1 rings (SSSR count). The molecule has 0 aliphatic rings. The van der Waals surface area contributed by atoms with Crippen molar-refractivity contribution in [2.75, 3.05) is 6.54 Å². The minimum atomic E-state index is 0.224. The summed E-state index contributed by atoms with van der Waals surface area (Å²) in [4.78, 5) is 0. The molecule has 0 bridgehead atoms. The molecule has 116 valence electrons.